The molecule has 14 heavy (non-hydrogen) atoms. The van der Waals surface area contributed by atoms with Crippen LogP contribution in [-0.4, -0.2) is 23.4 Å². The van der Waals surface area contributed by atoms with Gasteiger partial charge in [-0.05, 0) is 24.4 Å². The van der Waals surface area contributed by atoms with E-state index >= 15 is 0 Å². The molecule has 1 aliphatic heterocycles. The van der Waals surface area contributed by atoms with Crippen LogP contribution in [0.1, 0.15) is 23.2 Å². The summed E-state index contributed by atoms with van der Waals surface area (Å²) in [4.78, 5) is 13.3. The number of nitrogens with two attached hydrogens (primary N) is 2. The van der Waals surface area contributed by atoms with Crippen LogP contribution in [0.5, 0.6) is 0 Å². The minimum absolute atomic E-state index is 0.254. The molecule has 5 nitrogen and oxygen atoms in total. The molecule has 1 aliphatic rings. The van der Waals surface area contributed by atoms with Crippen molar-refractivity contribution in [2.45, 2.75) is 12.8 Å². The van der Waals surface area contributed by atoms with Crippen LogP contribution < -0.4 is 16.4 Å². The van der Waals surface area contributed by atoms with Gasteiger partial charge in [-0.1, -0.05) is 0 Å². The molecule has 0 atom stereocenters. The van der Waals surface area contributed by atoms with Crippen LogP contribution in [0.25, 0.3) is 0 Å². The maximum absolute atomic E-state index is 11.1. The summed E-state index contributed by atoms with van der Waals surface area (Å²) in [5, 5.41) is 0.826. The largest absolute Gasteiger partial charge is 0.382 e. The van der Waals surface area contributed by atoms with E-state index < -0.39 is 5.91 Å². The van der Waals surface area contributed by atoms with Gasteiger partial charge in [0.2, 0.25) is 0 Å². The van der Waals surface area contributed by atoms with Gasteiger partial charge in [0.15, 0.2) is 5.82 Å². The third-order valence-corrected chi connectivity index (χ3v) is 3.26. The number of amides is 1. The number of hydrogen-bond acceptors (Lipinski definition) is 5. The second-order valence-corrected chi connectivity index (χ2v) is 4.06. The maximum Gasteiger partial charge on any atom is 0.255 e. The summed E-state index contributed by atoms with van der Waals surface area (Å²) in [5.41, 5.74) is 11.2. The van der Waals surface area contributed by atoms with Crippen LogP contribution in [0.2, 0.25) is 0 Å². The van der Waals surface area contributed by atoms with Crippen molar-refractivity contribution in [2.24, 2.45) is 5.73 Å². The zero-order valence-corrected chi connectivity index (χ0v) is 8.51. The first-order chi connectivity index (χ1) is 6.70. The number of hydrogen-bond donors (Lipinski definition) is 2. The minimum Gasteiger partial charge on any atom is -0.382 e. The molecule has 4 N–H and O–H groups in total. The van der Waals surface area contributed by atoms with Crippen LogP contribution >= 0.6 is 11.5 Å². The first kappa shape index (κ1) is 9.26. The highest BCUT2D eigenvalue weighted by Crippen LogP contribution is 2.32. The molecule has 1 aromatic rings. The van der Waals surface area contributed by atoms with Gasteiger partial charge in [0.1, 0.15) is 10.6 Å². The van der Waals surface area contributed by atoms with Crippen molar-refractivity contribution in [3.63, 3.8) is 0 Å². The first-order valence-electron chi connectivity index (χ1n) is 4.50. The molecule has 1 amide bonds. The number of carbonyl (C=O) groups excluding carboxylic acids is 1. The Morgan fingerprint density at radius 3 is 2.64 bits per heavy atom. The second-order valence-electron chi connectivity index (χ2n) is 3.31. The van der Waals surface area contributed by atoms with Gasteiger partial charge in [0.05, 0.1) is 0 Å². The van der Waals surface area contributed by atoms with Crippen molar-refractivity contribution in [2.75, 3.05) is 23.7 Å². The average molecular weight is 212 g/mol. The van der Waals surface area contributed by atoms with Crippen molar-refractivity contribution in [3.05, 3.63) is 5.56 Å². The molecule has 6 heteroatoms. The minimum atomic E-state index is -0.488. The van der Waals surface area contributed by atoms with Gasteiger partial charge in [-0.15, -0.1) is 0 Å². The van der Waals surface area contributed by atoms with Crippen LogP contribution in [0.3, 0.4) is 0 Å². The molecule has 76 valence electrons. The highest BCUT2D eigenvalue weighted by Gasteiger charge is 2.23. The molecule has 0 bridgehead atoms. The van der Waals surface area contributed by atoms with E-state index in [1.807, 2.05) is 0 Å². The lowest BCUT2D eigenvalue weighted by Gasteiger charge is -2.15. The molecule has 1 aromatic heterocycles. The predicted octanol–water partition coefficient (Wildman–Crippen LogP) is 0.424. The lowest BCUT2D eigenvalue weighted by atomic mass is 10.3. The number of aromatic nitrogens is 1. The molecular formula is C8H12N4OS. The van der Waals surface area contributed by atoms with Gasteiger partial charge in [0.25, 0.3) is 5.91 Å². The summed E-state index contributed by atoms with van der Waals surface area (Å²) in [6.07, 6.45) is 2.30. The van der Waals surface area contributed by atoms with Gasteiger partial charge >= 0.3 is 0 Å². The molecule has 0 spiro atoms. The zero-order valence-electron chi connectivity index (χ0n) is 7.69. The van der Waals surface area contributed by atoms with E-state index in [-0.39, 0.29) is 5.82 Å². The fourth-order valence-electron chi connectivity index (χ4n) is 1.66. The van der Waals surface area contributed by atoms with Crippen LogP contribution in [0, 0.1) is 0 Å². The number of rotatable bonds is 2. The van der Waals surface area contributed by atoms with Crippen molar-refractivity contribution in [3.8, 4) is 0 Å². The van der Waals surface area contributed by atoms with Gasteiger partial charge in [-0.2, -0.15) is 4.37 Å². The van der Waals surface area contributed by atoms with E-state index in [0.29, 0.717) is 5.56 Å². The Hall–Kier alpha value is -1.30. The third-order valence-electron chi connectivity index (χ3n) is 2.34. The number of carbonyl (C=O) groups is 1. The molecule has 0 aliphatic carbocycles. The smallest absolute Gasteiger partial charge is 0.255 e. The normalized spacial score (nSPS) is 16.1. The number of anilines is 2. The van der Waals surface area contributed by atoms with E-state index in [2.05, 4.69) is 9.27 Å². The molecule has 2 rings (SSSR count). The first-order valence-corrected chi connectivity index (χ1v) is 5.27. The summed E-state index contributed by atoms with van der Waals surface area (Å²) in [7, 11) is 0. The SMILES string of the molecule is NC(=O)c1c(N)nsc1N1CCCC1. The van der Waals surface area contributed by atoms with Crippen molar-refractivity contribution >= 4 is 28.3 Å². The van der Waals surface area contributed by atoms with E-state index in [0.717, 1.165) is 30.9 Å². The number of primary amides is 1. The van der Waals surface area contributed by atoms with Crippen LogP contribution in [0.4, 0.5) is 10.8 Å². The van der Waals surface area contributed by atoms with E-state index in [1.165, 1.54) is 11.5 Å². The second kappa shape index (κ2) is 3.45. The molecule has 0 radical (unpaired) electrons. The predicted molar refractivity (Wildman–Crippen MR) is 56.5 cm³/mol. The Kier molecular flexibility index (Phi) is 2.28. The molecule has 0 aromatic carbocycles. The standard InChI is InChI=1S/C8H12N4OS/c9-6-5(7(10)13)8(14-11-6)12-3-1-2-4-12/h1-4H2,(H2,9,11)(H2,10,13). The fourth-order valence-corrected chi connectivity index (χ4v) is 2.53. The van der Waals surface area contributed by atoms with Crippen molar-refractivity contribution in [1.82, 2.24) is 4.37 Å². The molecule has 1 fully saturated rings. The van der Waals surface area contributed by atoms with E-state index in [1.54, 1.807) is 0 Å². The van der Waals surface area contributed by atoms with Crippen LogP contribution in [-0.2, 0) is 0 Å². The Bertz CT molecular complexity index is 356. The Labute approximate surface area is 85.9 Å². The number of nitrogens with zero attached hydrogens (tertiary/aromatic N) is 2. The third kappa shape index (κ3) is 1.41. The molecule has 0 saturated carbocycles. The highest BCUT2D eigenvalue weighted by molar-refractivity contribution is 7.11. The van der Waals surface area contributed by atoms with Crippen LogP contribution in [0.15, 0.2) is 0 Å². The monoisotopic (exact) mass is 212 g/mol. The molecule has 2 heterocycles. The Morgan fingerprint density at radius 1 is 1.43 bits per heavy atom. The number of nitrogen functional groups attached to an aromatic ring is 1. The summed E-state index contributed by atoms with van der Waals surface area (Å²) in [5.74, 6) is -0.234. The van der Waals surface area contributed by atoms with Gasteiger partial charge in [0, 0.05) is 13.1 Å². The van der Waals surface area contributed by atoms with E-state index in [9.17, 15) is 4.79 Å². The van der Waals surface area contributed by atoms with Crippen molar-refractivity contribution < 1.29 is 4.79 Å². The topological polar surface area (TPSA) is 85.2 Å². The maximum atomic E-state index is 11.1. The van der Waals surface area contributed by atoms with Gasteiger partial charge in [-0.3, -0.25) is 4.79 Å². The molecule has 0 unspecified atom stereocenters. The summed E-state index contributed by atoms with van der Waals surface area (Å²) >= 11 is 1.25. The average Bonchev–Trinajstić information content (AvgIpc) is 2.70. The quantitative estimate of drug-likeness (QED) is 0.744. The lowest BCUT2D eigenvalue weighted by Crippen LogP contribution is -2.21. The van der Waals surface area contributed by atoms with Gasteiger partial charge in [-0.25, -0.2) is 0 Å². The lowest BCUT2D eigenvalue weighted by molar-refractivity contribution is 0.100. The van der Waals surface area contributed by atoms with Gasteiger partial charge < -0.3 is 16.4 Å². The fraction of sp³-hybridized carbons (Fsp3) is 0.500. The summed E-state index contributed by atoms with van der Waals surface area (Å²) in [6, 6.07) is 0. The zero-order chi connectivity index (χ0) is 10.1. The Morgan fingerprint density at radius 2 is 2.07 bits per heavy atom. The summed E-state index contributed by atoms with van der Waals surface area (Å²) in [6.45, 7) is 1.92. The van der Waals surface area contributed by atoms with Crippen molar-refractivity contribution in [1.29, 1.82) is 0 Å². The van der Waals surface area contributed by atoms with E-state index in [4.69, 9.17) is 11.5 Å². The summed E-state index contributed by atoms with van der Waals surface area (Å²) < 4.78 is 3.96. The molecule has 1 saturated heterocycles. The Balaban J connectivity index is 2.37. The molecular weight excluding hydrogens is 200 g/mol. The highest BCUT2D eigenvalue weighted by atomic mass is 32.1.